The van der Waals surface area contributed by atoms with Gasteiger partial charge in [0.05, 0.1) is 5.69 Å². The van der Waals surface area contributed by atoms with Crippen LogP contribution in [0.3, 0.4) is 0 Å². The van der Waals surface area contributed by atoms with Crippen molar-refractivity contribution in [2.24, 2.45) is 0 Å². The predicted octanol–water partition coefficient (Wildman–Crippen LogP) is 8.44. The molecule has 1 nitrogen and oxygen atoms in total. The van der Waals surface area contributed by atoms with Gasteiger partial charge in [0.2, 0.25) is 0 Å². The van der Waals surface area contributed by atoms with Crippen LogP contribution in [0.4, 0.5) is 17.1 Å². The minimum absolute atomic E-state index is 0.781. The van der Waals surface area contributed by atoms with Crippen molar-refractivity contribution in [3.63, 3.8) is 0 Å². The summed E-state index contributed by atoms with van der Waals surface area (Å²) in [5.41, 5.74) is 8.93. The highest BCUT2D eigenvalue weighted by atomic mass is 15.1. The van der Waals surface area contributed by atoms with Crippen LogP contribution in [0.2, 0.25) is 0 Å². The van der Waals surface area contributed by atoms with Crippen molar-refractivity contribution < 1.29 is 0 Å². The molecule has 0 aliphatic rings. The lowest BCUT2D eigenvalue weighted by Gasteiger charge is -2.27. The first-order valence-corrected chi connectivity index (χ1v) is 12.2. The normalized spacial score (nSPS) is 10.9. The topological polar surface area (TPSA) is 3.24 Å². The van der Waals surface area contributed by atoms with Crippen molar-refractivity contribution >= 4 is 41.1 Å². The monoisotopic (exact) mass is 457 g/mol. The summed E-state index contributed by atoms with van der Waals surface area (Å²) in [6.07, 6.45) is 0. The third-order valence-electron chi connectivity index (χ3n) is 6.61. The van der Waals surface area contributed by atoms with E-state index in [9.17, 15) is 0 Å². The van der Waals surface area contributed by atoms with E-state index in [2.05, 4.69) is 138 Å². The minimum atomic E-state index is 0.781. The van der Waals surface area contributed by atoms with E-state index >= 15 is 0 Å². The zero-order valence-electron chi connectivity index (χ0n) is 19.9. The number of benzene rings is 6. The van der Waals surface area contributed by atoms with Crippen LogP contribution in [0.15, 0.2) is 146 Å². The molecule has 6 aromatic carbocycles. The first-order valence-electron chi connectivity index (χ1n) is 12.2. The number of hydrogen-bond acceptors (Lipinski definition) is 1. The van der Waals surface area contributed by atoms with Crippen molar-refractivity contribution in [2.75, 3.05) is 4.90 Å². The molecule has 0 saturated heterocycles. The van der Waals surface area contributed by atoms with Crippen LogP contribution in [0, 0.1) is 0 Å². The smallest absolute Gasteiger partial charge is 0.113 e. The average Bonchev–Trinajstić information content (AvgIpc) is 2.95. The van der Waals surface area contributed by atoms with Crippen molar-refractivity contribution in [3.8, 4) is 22.3 Å². The molecule has 6 rings (SSSR count). The van der Waals surface area contributed by atoms with Gasteiger partial charge >= 0.3 is 0 Å². The van der Waals surface area contributed by atoms with Crippen molar-refractivity contribution in [1.29, 1.82) is 0 Å². The lowest BCUT2D eigenvalue weighted by Crippen LogP contribution is -2.10. The van der Waals surface area contributed by atoms with Gasteiger partial charge in [-0.1, -0.05) is 121 Å². The zero-order chi connectivity index (χ0) is 24.3. The Morgan fingerprint density at radius 1 is 0.389 bits per heavy atom. The number of hydrogen-bond donors (Lipinski definition) is 0. The summed E-state index contributed by atoms with van der Waals surface area (Å²) in [5, 5.41) is 2.46. The molecular weight excluding hydrogens is 433 g/mol. The molecule has 2 radical (unpaired) electrons. The van der Waals surface area contributed by atoms with E-state index in [4.69, 9.17) is 7.85 Å². The van der Waals surface area contributed by atoms with Gasteiger partial charge in [0.15, 0.2) is 0 Å². The maximum absolute atomic E-state index is 5.84. The van der Waals surface area contributed by atoms with E-state index in [1.54, 1.807) is 0 Å². The third kappa shape index (κ3) is 4.30. The number of nitrogens with zero attached hydrogens (tertiary/aromatic N) is 1. The Morgan fingerprint density at radius 2 is 0.861 bits per heavy atom. The molecule has 0 spiro atoms. The van der Waals surface area contributed by atoms with Gasteiger partial charge in [-0.05, 0) is 58.0 Å². The second-order valence-corrected chi connectivity index (χ2v) is 8.92. The largest absolute Gasteiger partial charge is 0.310 e. The van der Waals surface area contributed by atoms with Crippen LogP contribution < -0.4 is 10.4 Å². The molecule has 0 heterocycles. The second-order valence-electron chi connectivity index (χ2n) is 8.92. The van der Waals surface area contributed by atoms with Crippen LogP contribution in [0.5, 0.6) is 0 Å². The summed E-state index contributed by atoms with van der Waals surface area (Å²) in [6.45, 7) is 0. The number of rotatable bonds is 5. The standard InChI is InChI=1S/C34H24BN/c35-30-21-17-27(18-22-30)25-13-15-26(16-14-25)28-19-23-32(24-20-28)36(31-9-2-1-3-10-31)34-12-6-8-29-7-4-5-11-33(29)34/h1-24H. The highest BCUT2D eigenvalue weighted by Gasteiger charge is 2.15. The van der Waals surface area contributed by atoms with Crippen molar-refractivity contribution in [1.82, 2.24) is 0 Å². The van der Waals surface area contributed by atoms with E-state index < -0.39 is 0 Å². The third-order valence-corrected chi connectivity index (χ3v) is 6.61. The highest BCUT2D eigenvalue weighted by molar-refractivity contribution is 6.32. The summed E-state index contributed by atoms with van der Waals surface area (Å²) in [7, 11) is 5.84. The Labute approximate surface area is 213 Å². The van der Waals surface area contributed by atoms with Crippen LogP contribution in [-0.4, -0.2) is 7.85 Å². The molecule has 0 atom stereocenters. The molecule has 0 unspecified atom stereocenters. The van der Waals surface area contributed by atoms with Gasteiger partial charge in [-0.2, -0.15) is 0 Å². The molecule has 0 N–H and O–H groups in total. The lowest BCUT2D eigenvalue weighted by molar-refractivity contribution is 1.30. The maximum atomic E-state index is 5.84. The quantitative estimate of drug-likeness (QED) is 0.235. The van der Waals surface area contributed by atoms with Crippen LogP contribution in [0.1, 0.15) is 0 Å². The lowest BCUT2D eigenvalue weighted by atomic mass is 9.93. The first-order chi connectivity index (χ1) is 17.8. The zero-order valence-corrected chi connectivity index (χ0v) is 19.9. The van der Waals surface area contributed by atoms with Gasteiger partial charge in [0.1, 0.15) is 7.85 Å². The molecule has 6 aromatic rings. The van der Waals surface area contributed by atoms with Gasteiger partial charge in [-0.25, -0.2) is 0 Å². The Balaban J connectivity index is 1.36. The molecule has 0 aliphatic heterocycles. The Morgan fingerprint density at radius 3 is 1.50 bits per heavy atom. The highest BCUT2D eigenvalue weighted by Crippen LogP contribution is 2.39. The first kappa shape index (κ1) is 21.9. The van der Waals surface area contributed by atoms with E-state index in [0.29, 0.717) is 0 Å². The predicted molar refractivity (Wildman–Crippen MR) is 155 cm³/mol. The molecule has 168 valence electrons. The van der Waals surface area contributed by atoms with Crippen LogP contribution in [0.25, 0.3) is 33.0 Å². The second kappa shape index (κ2) is 9.60. The van der Waals surface area contributed by atoms with Crippen LogP contribution >= 0.6 is 0 Å². The van der Waals surface area contributed by atoms with Crippen molar-refractivity contribution in [3.05, 3.63) is 146 Å². The Kier molecular flexibility index (Phi) is 5.85. The van der Waals surface area contributed by atoms with Gasteiger partial charge < -0.3 is 4.90 Å². The summed E-state index contributed by atoms with van der Waals surface area (Å²) in [5.74, 6) is 0. The molecule has 0 bridgehead atoms. The summed E-state index contributed by atoms with van der Waals surface area (Å²) >= 11 is 0. The Hall–Kier alpha value is -4.56. The number of anilines is 3. The molecule has 2 heteroatoms. The summed E-state index contributed by atoms with van der Waals surface area (Å²) < 4.78 is 0. The van der Waals surface area contributed by atoms with Gasteiger partial charge in [0, 0.05) is 16.8 Å². The molecule has 0 saturated carbocycles. The molecule has 0 fully saturated rings. The average molecular weight is 457 g/mol. The molecule has 0 aliphatic carbocycles. The van der Waals surface area contributed by atoms with E-state index in [1.165, 1.54) is 38.7 Å². The maximum Gasteiger partial charge on any atom is 0.113 e. The molecule has 36 heavy (non-hydrogen) atoms. The number of fused-ring (bicyclic) bond motifs is 1. The fraction of sp³-hybridized carbons (Fsp3) is 0. The van der Waals surface area contributed by atoms with E-state index in [-0.39, 0.29) is 0 Å². The van der Waals surface area contributed by atoms with Gasteiger partial charge in [-0.15, -0.1) is 0 Å². The summed E-state index contributed by atoms with van der Waals surface area (Å²) in [6, 6.07) is 51.1. The van der Waals surface area contributed by atoms with Gasteiger partial charge in [-0.3, -0.25) is 0 Å². The minimum Gasteiger partial charge on any atom is -0.310 e. The van der Waals surface area contributed by atoms with E-state index in [1.807, 2.05) is 12.1 Å². The van der Waals surface area contributed by atoms with Gasteiger partial charge in [0.25, 0.3) is 0 Å². The van der Waals surface area contributed by atoms with E-state index in [0.717, 1.165) is 16.8 Å². The SMILES string of the molecule is [B]c1ccc(-c2ccc(-c3ccc(N(c4ccccc4)c4cccc5ccccc45)cc3)cc2)cc1. The molecule has 0 aromatic heterocycles. The Bertz CT molecular complexity index is 1600. The fourth-order valence-corrected chi connectivity index (χ4v) is 4.74. The van der Waals surface area contributed by atoms with Crippen molar-refractivity contribution in [2.45, 2.75) is 0 Å². The molecule has 0 amide bonds. The molecular formula is C34H24BN. The fourth-order valence-electron chi connectivity index (χ4n) is 4.74. The number of para-hydroxylation sites is 1. The van der Waals surface area contributed by atoms with Crippen LogP contribution in [-0.2, 0) is 0 Å². The summed E-state index contributed by atoms with van der Waals surface area (Å²) in [4.78, 5) is 2.33.